The van der Waals surface area contributed by atoms with E-state index in [1.54, 1.807) is 30.6 Å². The van der Waals surface area contributed by atoms with Gasteiger partial charge in [-0.15, -0.1) is 0 Å². The van der Waals surface area contributed by atoms with Gasteiger partial charge in [-0.25, -0.2) is 14.4 Å². The average Bonchev–Trinajstić information content (AvgIpc) is 2.96. The fourth-order valence-corrected chi connectivity index (χ4v) is 5.83. The third kappa shape index (κ3) is 6.49. The van der Waals surface area contributed by atoms with Crippen LogP contribution in [-0.2, 0) is 11.2 Å². The van der Waals surface area contributed by atoms with Crippen LogP contribution in [0.2, 0.25) is 0 Å². The van der Waals surface area contributed by atoms with Gasteiger partial charge in [-0.3, -0.25) is 4.79 Å². The van der Waals surface area contributed by atoms with E-state index in [0.717, 1.165) is 60.3 Å². The Morgan fingerprint density at radius 2 is 1.95 bits per heavy atom. The lowest BCUT2D eigenvalue weighted by Crippen LogP contribution is -2.42. The standard InChI is InChI=1S/C33H33FN4O/c1-23-8-13-30(33-36-14-4-15-37-33)31(20-28(17-23)26-9-11-29(34)12-10-26)27-7-3-16-38(22-27)32(39)19-24-5-2-6-25(18-24)21-35/h2,4-6,9,11,14-15,17-18,20,27,30H,1,3,7-8,10,12-13,16,19,22H2. The molecule has 1 saturated heterocycles. The lowest BCUT2D eigenvalue weighted by Gasteiger charge is -2.37. The van der Waals surface area contributed by atoms with Crippen LogP contribution < -0.4 is 0 Å². The van der Waals surface area contributed by atoms with E-state index in [-0.39, 0.29) is 30.0 Å². The molecule has 1 aromatic carbocycles. The van der Waals surface area contributed by atoms with Crippen molar-refractivity contribution < 1.29 is 9.18 Å². The normalized spacial score (nSPS) is 21.9. The van der Waals surface area contributed by atoms with Crippen molar-refractivity contribution >= 4 is 5.91 Å². The number of carbonyl (C=O) groups excluding carboxylic acids is 1. The number of rotatable bonds is 5. The van der Waals surface area contributed by atoms with Gasteiger partial charge >= 0.3 is 0 Å². The van der Waals surface area contributed by atoms with Crippen LogP contribution in [0.25, 0.3) is 0 Å². The van der Waals surface area contributed by atoms with Crippen LogP contribution in [0.5, 0.6) is 0 Å². The van der Waals surface area contributed by atoms with Gasteiger partial charge in [-0.2, -0.15) is 5.26 Å². The number of piperidine rings is 1. The zero-order valence-electron chi connectivity index (χ0n) is 22.2. The number of nitrogens with zero attached hydrogens (tertiary/aromatic N) is 4. The number of amides is 1. The molecule has 2 heterocycles. The maximum absolute atomic E-state index is 13.8. The molecule has 2 unspecified atom stereocenters. The highest BCUT2D eigenvalue weighted by atomic mass is 19.1. The largest absolute Gasteiger partial charge is 0.342 e. The summed E-state index contributed by atoms with van der Waals surface area (Å²) in [5, 5.41) is 9.23. The van der Waals surface area contributed by atoms with Crippen LogP contribution in [-0.4, -0.2) is 33.9 Å². The molecule has 0 radical (unpaired) electrons. The Hall–Kier alpha value is -4.11. The predicted molar refractivity (Wildman–Crippen MR) is 150 cm³/mol. The summed E-state index contributed by atoms with van der Waals surface area (Å²) in [6, 6.07) is 11.3. The van der Waals surface area contributed by atoms with Crippen molar-refractivity contribution in [2.75, 3.05) is 13.1 Å². The average molecular weight is 521 g/mol. The summed E-state index contributed by atoms with van der Waals surface area (Å²) in [5.41, 5.74) is 5.86. The second-order valence-electron chi connectivity index (χ2n) is 10.6. The van der Waals surface area contributed by atoms with Gasteiger partial charge in [0.15, 0.2) is 0 Å². The molecule has 3 aliphatic rings. The minimum atomic E-state index is -0.0921. The smallest absolute Gasteiger partial charge is 0.227 e. The van der Waals surface area contributed by atoms with Crippen LogP contribution in [0.15, 0.2) is 102 Å². The maximum atomic E-state index is 13.8. The van der Waals surface area contributed by atoms with Crippen LogP contribution in [0, 0.1) is 17.2 Å². The quantitative estimate of drug-likeness (QED) is 0.440. The lowest BCUT2D eigenvalue weighted by atomic mass is 9.76. The van der Waals surface area contributed by atoms with Crippen molar-refractivity contribution in [1.29, 1.82) is 5.26 Å². The van der Waals surface area contributed by atoms with Gasteiger partial charge in [0.1, 0.15) is 11.7 Å². The van der Waals surface area contributed by atoms with Gasteiger partial charge in [-0.1, -0.05) is 48.1 Å². The zero-order valence-corrected chi connectivity index (χ0v) is 22.2. The minimum Gasteiger partial charge on any atom is -0.342 e. The maximum Gasteiger partial charge on any atom is 0.227 e. The van der Waals surface area contributed by atoms with Gasteiger partial charge in [0.25, 0.3) is 0 Å². The van der Waals surface area contributed by atoms with Gasteiger partial charge in [-0.05, 0) is 79.0 Å². The van der Waals surface area contributed by atoms with E-state index in [2.05, 4.69) is 34.8 Å². The Morgan fingerprint density at radius 1 is 1.10 bits per heavy atom. The molecule has 2 atom stereocenters. The molecule has 0 N–H and O–H groups in total. The number of aromatic nitrogens is 2. The fraction of sp³-hybridized carbons (Fsp3) is 0.333. The Morgan fingerprint density at radius 3 is 2.72 bits per heavy atom. The molecule has 1 aliphatic heterocycles. The van der Waals surface area contributed by atoms with E-state index in [9.17, 15) is 14.4 Å². The molecular formula is C33H33FN4O. The monoisotopic (exact) mass is 520 g/mol. The molecule has 2 aliphatic carbocycles. The van der Waals surface area contributed by atoms with E-state index >= 15 is 0 Å². The molecule has 1 aromatic heterocycles. The number of benzene rings is 1. The molecule has 0 saturated carbocycles. The van der Waals surface area contributed by atoms with Gasteiger partial charge < -0.3 is 4.90 Å². The highest BCUT2D eigenvalue weighted by Crippen LogP contribution is 2.41. The molecular weight excluding hydrogens is 487 g/mol. The van der Waals surface area contributed by atoms with Crippen molar-refractivity contribution in [3.8, 4) is 6.07 Å². The van der Waals surface area contributed by atoms with Crippen LogP contribution in [0.1, 0.15) is 61.4 Å². The van der Waals surface area contributed by atoms with Gasteiger partial charge in [0.05, 0.1) is 18.1 Å². The summed E-state index contributed by atoms with van der Waals surface area (Å²) in [6.45, 7) is 5.65. The first-order valence-electron chi connectivity index (χ1n) is 13.7. The van der Waals surface area contributed by atoms with Gasteiger partial charge in [0, 0.05) is 37.8 Å². The highest BCUT2D eigenvalue weighted by Gasteiger charge is 2.32. The Labute approximate surface area is 229 Å². The number of halogens is 1. The zero-order chi connectivity index (χ0) is 27.2. The van der Waals surface area contributed by atoms with Crippen LogP contribution >= 0.6 is 0 Å². The van der Waals surface area contributed by atoms with Crippen molar-refractivity contribution in [1.82, 2.24) is 14.9 Å². The Kier molecular flexibility index (Phi) is 8.27. The molecule has 2 aromatic rings. The summed E-state index contributed by atoms with van der Waals surface area (Å²) < 4.78 is 13.8. The third-order valence-corrected chi connectivity index (χ3v) is 7.86. The van der Waals surface area contributed by atoms with Crippen LogP contribution in [0.4, 0.5) is 4.39 Å². The number of carbonyl (C=O) groups is 1. The first-order valence-corrected chi connectivity index (χ1v) is 13.7. The van der Waals surface area contributed by atoms with Crippen molar-refractivity contribution in [2.24, 2.45) is 5.92 Å². The fourth-order valence-electron chi connectivity index (χ4n) is 5.83. The summed E-state index contributed by atoms with van der Waals surface area (Å²) in [4.78, 5) is 24.6. The van der Waals surface area contributed by atoms with Crippen molar-refractivity contribution in [3.63, 3.8) is 0 Å². The predicted octanol–water partition coefficient (Wildman–Crippen LogP) is 6.69. The number of nitriles is 1. The highest BCUT2D eigenvalue weighted by molar-refractivity contribution is 5.79. The second-order valence-corrected chi connectivity index (χ2v) is 10.6. The summed E-state index contributed by atoms with van der Waals surface area (Å²) in [7, 11) is 0. The van der Waals surface area contributed by atoms with E-state index in [4.69, 9.17) is 0 Å². The number of allylic oxidation sites excluding steroid dienone is 8. The molecule has 6 heteroatoms. The summed E-state index contributed by atoms with van der Waals surface area (Å²) >= 11 is 0. The minimum absolute atomic E-state index is 0.00970. The Bertz CT molecular complexity index is 1410. The number of hydrogen-bond donors (Lipinski definition) is 0. The molecule has 5 rings (SSSR count). The second kappa shape index (κ2) is 12.2. The number of hydrogen-bond acceptors (Lipinski definition) is 4. The van der Waals surface area contributed by atoms with Gasteiger partial charge in [0.2, 0.25) is 5.91 Å². The summed E-state index contributed by atoms with van der Waals surface area (Å²) in [5.74, 6) is 0.945. The van der Waals surface area contributed by atoms with E-state index in [1.165, 1.54) is 5.57 Å². The summed E-state index contributed by atoms with van der Waals surface area (Å²) in [6.07, 6.45) is 16.3. The van der Waals surface area contributed by atoms with Crippen molar-refractivity contribution in [2.45, 2.75) is 50.9 Å². The molecule has 198 valence electrons. The topological polar surface area (TPSA) is 69.9 Å². The third-order valence-electron chi connectivity index (χ3n) is 7.86. The first-order chi connectivity index (χ1) is 19.0. The molecule has 0 spiro atoms. The van der Waals surface area contributed by atoms with E-state index in [0.29, 0.717) is 24.9 Å². The van der Waals surface area contributed by atoms with Crippen molar-refractivity contribution in [3.05, 3.63) is 119 Å². The molecule has 39 heavy (non-hydrogen) atoms. The SMILES string of the molecule is C=C1C=C(C2=CC=C(F)CC2)C=C(C2CCCN(C(=O)Cc3cccc(C#N)c3)C2)C(c2ncccn2)CC1. The molecule has 1 fully saturated rings. The molecule has 5 nitrogen and oxygen atoms in total. The Balaban J connectivity index is 1.47. The first kappa shape index (κ1) is 26.5. The number of likely N-dealkylation sites (tertiary alicyclic amines) is 1. The lowest BCUT2D eigenvalue weighted by molar-refractivity contribution is -0.132. The molecule has 1 amide bonds. The van der Waals surface area contributed by atoms with E-state index < -0.39 is 0 Å². The van der Waals surface area contributed by atoms with E-state index in [1.807, 2.05) is 29.2 Å². The molecule has 0 bridgehead atoms. The van der Waals surface area contributed by atoms with Crippen LogP contribution in [0.3, 0.4) is 0 Å².